The molecule has 6 heteroatoms. The maximum Gasteiger partial charge on any atom is 2.00 e. The average Bonchev–Trinajstić information content (AvgIpc) is 3.72. The van der Waals surface area contributed by atoms with Crippen molar-refractivity contribution in [1.82, 2.24) is 19.3 Å². The van der Waals surface area contributed by atoms with Gasteiger partial charge in [0.1, 0.15) is 5.82 Å². The van der Waals surface area contributed by atoms with Crippen LogP contribution in [0.1, 0.15) is 102 Å². The molecule has 0 amide bonds. The molecule has 55 heavy (non-hydrogen) atoms. The quantitative estimate of drug-likeness (QED) is 0.128. The summed E-state index contributed by atoms with van der Waals surface area (Å²) < 4.78 is 10.7. The maximum absolute atomic E-state index is 6.56. The molecule has 4 aromatic carbocycles. The maximum atomic E-state index is 6.56. The van der Waals surface area contributed by atoms with Crippen LogP contribution in [-0.4, -0.2) is 19.3 Å². The van der Waals surface area contributed by atoms with E-state index in [0.717, 1.165) is 70.1 Å². The molecule has 0 fully saturated rings. The molecule has 286 valence electrons. The predicted molar refractivity (Wildman–Crippen MR) is 224 cm³/mol. The first-order valence-corrected chi connectivity index (χ1v) is 19.4. The standard InChI is InChI=1S/C49H54N4O.Pt/c1-32(2)35-19-22-50-46(27-35)53-44-14-12-11-13-42(44)43-16-15-40(29-45(43)53)54-41-26-34(4)25-39(28-41)52-31-38(30-51-52)47-36(17-20-48(5,6)7)23-33(3)24-37(47)18-21-49(8,9)10;/h11-16,19,22-27,30-32H,17-18,20-21H2,1-10H3;/q-2;+2. The third-order valence-electron chi connectivity index (χ3n) is 10.3. The van der Waals surface area contributed by atoms with Crippen molar-refractivity contribution in [2.75, 3.05) is 0 Å². The molecule has 0 spiro atoms. The molecule has 0 aliphatic heterocycles. The second-order valence-electron chi connectivity index (χ2n) is 17.8. The van der Waals surface area contributed by atoms with Gasteiger partial charge in [0.05, 0.1) is 6.20 Å². The van der Waals surface area contributed by atoms with Gasteiger partial charge < -0.3 is 9.30 Å². The van der Waals surface area contributed by atoms with E-state index >= 15 is 0 Å². The van der Waals surface area contributed by atoms with Crippen molar-refractivity contribution >= 4 is 21.8 Å². The molecule has 3 aromatic heterocycles. The fraction of sp³-hybridized carbons (Fsp3) is 0.347. The average molecular weight is 910 g/mol. The Balaban J connectivity index is 0.00000514. The van der Waals surface area contributed by atoms with Crippen LogP contribution in [-0.2, 0) is 33.9 Å². The van der Waals surface area contributed by atoms with Crippen LogP contribution < -0.4 is 4.74 Å². The third-order valence-corrected chi connectivity index (χ3v) is 10.3. The number of fused-ring (bicyclic) bond motifs is 3. The summed E-state index contributed by atoms with van der Waals surface area (Å²) in [5, 5.41) is 7.18. The summed E-state index contributed by atoms with van der Waals surface area (Å²) in [6, 6.07) is 32.9. The van der Waals surface area contributed by atoms with Gasteiger partial charge in [-0.15, -0.1) is 35.7 Å². The summed E-state index contributed by atoms with van der Waals surface area (Å²) in [5.41, 5.74) is 12.2. The molecule has 0 bridgehead atoms. The van der Waals surface area contributed by atoms with Crippen molar-refractivity contribution in [2.45, 2.75) is 101 Å². The van der Waals surface area contributed by atoms with Gasteiger partial charge in [-0.1, -0.05) is 104 Å². The summed E-state index contributed by atoms with van der Waals surface area (Å²) in [6.45, 7) is 22.7. The van der Waals surface area contributed by atoms with E-state index in [1.54, 1.807) is 0 Å². The number of hydrogen-bond donors (Lipinski definition) is 0. The Morgan fingerprint density at radius 3 is 2.09 bits per heavy atom. The van der Waals surface area contributed by atoms with Crippen LogP contribution in [0.4, 0.5) is 0 Å². The van der Waals surface area contributed by atoms with Crippen LogP contribution in [0.3, 0.4) is 0 Å². The fourth-order valence-electron chi connectivity index (χ4n) is 7.36. The number of rotatable bonds is 10. The van der Waals surface area contributed by atoms with E-state index in [9.17, 15) is 0 Å². The van der Waals surface area contributed by atoms with E-state index in [0.29, 0.717) is 17.4 Å². The van der Waals surface area contributed by atoms with Crippen LogP contribution in [0, 0.1) is 36.8 Å². The fourth-order valence-corrected chi connectivity index (χ4v) is 7.36. The van der Waals surface area contributed by atoms with Crippen LogP contribution in [0.15, 0.2) is 91.4 Å². The van der Waals surface area contributed by atoms with E-state index in [2.05, 4.69) is 153 Å². The molecule has 0 atom stereocenters. The SMILES string of the molecule is Cc1cc(Oc2[c-]c3c(cc2)c2ccccc2n3-c2cc(C(C)C)ccn2)[c-]c(-n2cc(-c3c(CCC(C)(C)C)cc(C)cc3CCC(C)(C)C)cn2)c1.[Pt+2]. The Labute approximate surface area is 342 Å². The number of benzene rings is 4. The van der Waals surface area contributed by atoms with E-state index < -0.39 is 0 Å². The van der Waals surface area contributed by atoms with E-state index in [1.165, 1.54) is 27.8 Å². The summed E-state index contributed by atoms with van der Waals surface area (Å²) in [6.07, 6.45) is 10.4. The minimum atomic E-state index is 0. The molecule has 0 saturated heterocycles. The Kier molecular flexibility index (Phi) is 11.7. The molecule has 7 rings (SSSR count). The van der Waals surface area contributed by atoms with Crippen molar-refractivity contribution in [2.24, 2.45) is 10.8 Å². The third kappa shape index (κ3) is 9.16. The second-order valence-corrected chi connectivity index (χ2v) is 17.8. The van der Waals surface area contributed by atoms with Gasteiger partial charge in [0.2, 0.25) is 0 Å². The van der Waals surface area contributed by atoms with Gasteiger partial charge in [-0.2, -0.15) is 16.7 Å². The smallest absolute Gasteiger partial charge is 0.509 e. The van der Waals surface area contributed by atoms with Gasteiger partial charge in [0, 0.05) is 35.0 Å². The number of aromatic nitrogens is 4. The molecule has 7 aromatic rings. The molecule has 0 saturated carbocycles. The van der Waals surface area contributed by atoms with Crippen LogP contribution in [0.25, 0.3) is 44.4 Å². The van der Waals surface area contributed by atoms with Crippen LogP contribution in [0.5, 0.6) is 11.5 Å². The zero-order chi connectivity index (χ0) is 38.4. The first-order valence-electron chi connectivity index (χ1n) is 19.4. The number of para-hydroxylation sites is 1. The molecule has 0 aliphatic carbocycles. The number of nitrogens with zero attached hydrogens (tertiary/aromatic N) is 4. The molecular weight excluding hydrogens is 856 g/mol. The number of hydrogen-bond acceptors (Lipinski definition) is 3. The van der Waals surface area contributed by atoms with E-state index in [-0.39, 0.29) is 31.9 Å². The first kappa shape index (κ1) is 40.2. The molecular formula is C49H54N4OPt. The zero-order valence-electron chi connectivity index (χ0n) is 34.1. The molecule has 5 nitrogen and oxygen atoms in total. The van der Waals surface area contributed by atoms with Gasteiger partial charge >= 0.3 is 21.1 Å². The van der Waals surface area contributed by atoms with Gasteiger partial charge in [-0.3, -0.25) is 4.68 Å². The van der Waals surface area contributed by atoms with Crippen molar-refractivity contribution in [3.05, 3.63) is 131 Å². The summed E-state index contributed by atoms with van der Waals surface area (Å²) in [7, 11) is 0. The summed E-state index contributed by atoms with van der Waals surface area (Å²) >= 11 is 0. The molecule has 3 heterocycles. The normalized spacial score (nSPS) is 12.1. The van der Waals surface area contributed by atoms with E-state index in [4.69, 9.17) is 14.8 Å². The van der Waals surface area contributed by atoms with Gasteiger partial charge in [-0.25, -0.2) is 4.98 Å². The topological polar surface area (TPSA) is 44.9 Å². The number of ether oxygens (including phenoxy) is 1. The Hall–Kier alpha value is -4.47. The van der Waals surface area contributed by atoms with Crippen LogP contribution in [0.2, 0.25) is 0 Å². The number of pyridine rings is 1. The van der Waals surface area contributed by atoms with E-state index in [1.807, 2.05) is 29.2 Å². The summed E-state index contributed by atoms with van der Waals surface area (Å²) in [4.78, 5) is 4.80. The largest absolute Gasteiger partial charge is 2.00 e. The molecule has 0 unspecified atom stereocenters. The summed E-state index contributed by atoms with van der Waals surface area (Å²) in [5.74, 6) is 2.50. The monoisotopic (exact) mass is 909 g/mol. The van der Waals surface area contributed by atoms with Crippen molar-refractivity contribution < 1.29 is 25.8 Å². The van der Waals surface area contributed by atoms with Crippen molar-refractivity contribution in [3.63, 3.8) is 0 Å². The van der Waals surface area contributed by atoms with Crippen molar-refractivity contribution in [1.29, 1.82) is 0 Å². The van der Waals surface area contributed by atoms with Gasteiger partial charge in [0.25, 0.3) is 0 Å². The minimum absolute atomic E-state index is 0. The van der Waals surface area contributed by atoms with Crippen LogP contribution >= 0.6 is 0 Å². The molecule has 0 N–H and O–H groups in total. The Bertz CT molecular complexity index is 2420. The second kappa shape index (κ2) is 15.9. The first-order chi connectivity index (χ1) is 25.6. The predicted octanol–water partition coefficient (Wildman–Crippen LogP) is 13.1. The zero-order valence-corrected chi connectivity index (χ0v) is 36.4. The molecule has 0 radical (unpaired) electrons. The number of aryl methyl sites for hydroxylation is 4. The Morgan fingerprint density at radius 1 is 0.745 bits per heavy atom. The Morgan fingerprint density at radius 2 is 1.42 bits per heavy atom. The minimum Gasteiger partial charge on any atom is -0.509 e. The van der Waals surface area contributed by atoms with Crippen molar-refractivity contribution in [3.8, 4) is 34.1 Å². The van der Waals surface area contributed by atoms with Gasteiger partial charge in [-0.05, 0) is 101 Å². The molecule has 0 aliphatic rings. The van der Waals surface area contributed by atoms with Gasteiger partial charge in [0.15, 0.2) is 0 Å².